The van der Waals surface area contributed by atoms with E-state index in [-0.39, 0.29) is 64.0 Å². The Bertz CT molecular complexity index is 2050. The molecule has 6 rings (SSSR count). The van der Waals surface area contributed by atoms with Crippen molar-refractivity contribution >= 4 is 45.8 Å². The summed E-state index contributed by atoms with van der Waals surface area (Å²) in [6, 6.07) is 1.98. The van der Waals surface area contributed by atoms with Gasteiger partial charge in [-0.1, -0.05) is 51.9 Å². The lowest BCUT2D eigenvalue weighted by Gasteiger charge is -2.44. The fraction of sp³-hybridized carbons (Fsp3) is 0.353. The van der Waals surface area contributed by atoms with E-state index >= 15 is 8.78 Å². The number of fused-ring (bicyclic) bond motifs is 2. The predicted octanol–water partition coefficient (Wildman–Crippen LogP) is 5.29. The van der Waals surface area contributed by atoms with E-state index in [0.717, 1.165) is 16.7 Å². The minimum atomic E-state index is -1.12. The van der Waals surface area contributed by atoms with E-state index in [1.54, 1.807) is 11.8 Å². The van der Waals surface area contributed by atoms with Crippen molar-refractivity contribution in [2.24, 2.45) is 0 Å². The Kier molecular flexibility index (Phi) is 8.22. The summed E-state index contributed by atoms with van der Waals surface area (Å²) in [6.07, 6.45) is 2.53. The van der Waals surface area contributed by atoms with E-state index in [0.29, 0.717) is 11.4 Å². The average Bonchev–Trinajstić information content (AvgIpc) is 3.12. The number of benzene rings is 2. The van der Waals surface area contributed by atoms with Gasteiger partial charge in [0.05, 0.1) is 45.3 Å². The fourth-order valence-corrected chi connectivity index (χ4v) is 7.15. The molecular weight excluding hydrogens is 644 g/mol. The number of phenols is 1. The van der Waals surface area contributed by atoms with Crippen molar-refractivity contribution in [3.05, 3.63) is 75.7 Å². The molecule has 1 fully saturated rings. The molecule has 0 radical (unpaired) electrons. The topological polar surface area (TPSA) is 125 Å². The molecule has 0 spiro atoms. The number of carbonyl (C=O) groups is 2. The molecule has 250 valence electrons. The first-order chi connectivity index (χ1) is 22.7. The Balaban J connectivity index is 1.85. The molecule has 1 saturated heterocycles. The van der Waals surface area contributed by atoms with Gasteiger partial charge < -0.3 is 19.8 Å². The summed E-state index contributed by atoms with van der Waals surface area (Å²) < 4.78 is 34.2. The molecule has 2 atom stereocenters. The summed E-state index contributed by atoms with van der Waals surface area (Å²) in [6.45, 7) is 12.8. The fourth-order valence-electron chi connectivity index (χ4n) is 6.75. The number of piperazine rings is 1. The summed E-state index contributed by atoms with van der Waals surface area (Å²) in [4.78, 5) is 59.2. The van der Waals surface area contributed by atoms with Crippen LogP contribution in [0.1, 0.15) is 57.8 Å². The van der Waals surface area contributed by atoms with Gasteiger partial charge in [0.1, 0.15) is 35.3 Å². The molecule has 4 heterocycles. The number of aromatic hydroxyl groups is 1. The van der Waals surface area contributed by atoms with Crippen LogP contribution in [-0.2, 0) is 9.59 Å². The average molecular weight is 678 g/mol. The van der Waals surface area contributed by atoms with Crippen LogP contribution in [0.4, 0.5) is 20.3 Å². The Labute approximate surface area is 280 Å². The van der Waals surface area contributed by atoms with Gasteiger partial charge in [0.15, 0.2) is 5.82 Å². The number of phenolic OH excluding ortho intramolecular Hbond substituents is 1. The van der Waals surface area contributed by atoms with Crippen molar-refractivity contribution in [1.82, 2.24) is 24.4 Å². The maximum atomic E-state index is 17.6. The molecule has 2 aromatic heterocycles. The number of hydrogen-bond acceptors (Lipinski definition) is 8. The Morgan fingerprint density at radius 3 is 2.29 bits per heavy atom. The molecule has 2 aliphatic rings. The molecule has 2 unspecified atom stereocenters. The van der Waals surface area contributed by atoms with Crippen molar-refractivity contribution in [1.29, 1.82) is 0 Å². The number of rotatable bonds is 5. The summed E-state index contributed by atoms with van der Waals surface area (Å²) >= 11 is 6.99. The molecule has 11 nitrogen and oxygen atoms in total. The van der Waals surface area contributed by atoms with Gasteiger partial charge >= 0.3 is 5.69 Å². The zero-order valence-corrected chi connectivity index (χ0v) is 28.0. The van der Waals surface area contributed by atoms with Crippen LogP contribution in [0.5, 0.6) is 5.75 Å². The zero-order valence-electron chi connectivity index (χ0n) is 27.3. The summed E-state index contributed by atoms with van der Waals surface area (Å²) in [7, 11) is 1.43. The number of halogens is 3. The first-order valence-corrected chi connectivity index (χ1v) is 15.9. The summed E-state index contributed by atoms with van der Waals surface area (Å²) in [5.41, 5.74) is -1.34. The number of carbonyl (C=O) groups excluding carboxylic acids is 2. The van der Waals surface area contributed by atoms with E-state index in [2.05, 4.69) is 21.5 Å². The molecule has 2 aliphatic heterocycles. The van der Waals surface area contributed by atoms with Crippen molar-refractivity contribution in [3.63, 3.8) is 0 Å². The number of hydrogen-bond donors (Lipinski definition) is 1. The lowest BCUT2D eigenvalue weighted by molar-refractivity contribution is -0.130. The summed E-state index contributed by atoms with van der Waals surface area (Å²) in [5.74, 6) is -4.17. The van der Waals surface area contributed by atoms with E-state index in [9.17, 15) is 19.5 Å². The minimum Gasteiger partial charge on any atom is -0.507 e. The minimum absolute atomic E-state index is 0.0130. The third-order valence-corrected chi connectivity index (χ3v) is 9.39. The van der Waals surface area contributed by atoms with E-state index in [1.807, 2.05) is 27.7 Å². The van der Waals surface area contributed by atoms with Crippen LogP contribution in [0.15, 0.2) is 42.0 Å². The number of likely N-dealkylation sites (N-methyl/N-ethyl adjacent to an activating group) is 1. The maximum absolute atomic E-state index is 17.6. The van der Waals surface area contributed by atoms with Gasteiger partial charge in [0.2, 0.25) is 5.91 Å². The molecule has 48 heavy (non-hydrogen) atoms. The van der Waals surface area contributed by atoms with Crippen molar-refractivity contribution < 1.29 is 23.5 Å². The molecule has 0 bridgehead atoms. The van der Waals surface area contributed by atoms with Gasteiger partial charge in [-0.3, -0.25) is 14.2 Å². The number of nitrogens with zero attached hydrogens (tertiary/aromatic N) is 7. The molecule has 0 saturated carbocycles. The van der Waals surface area contributed by atoms with Gasteiger partial charge in [0, 0.05) is 25.2 Å². The standard InChI is InChI=1S/C34H34ClF2N7O4/c1-8-21(46)42-13-19-33(47)41(7)29-24-30(26(37)23(25(29)35)22-18(36)10-9-11-20(22)45)44(34(48)40-32(24)43(19)12-17(42)6)31-27(15(2)3)38-14-39-28(31)16(4)5/h8-11,14-17,19,45H,1,12-13H2,2-7H3. The molecule has 4 aromatic rings. The van der Waals surface area contributed by atoms with Crippen molar-refractivity contribution in [2.45, 2.75) is 58.5 Å². The van der Waals surface area contributed by atoms with E-state index in [1.165, 1.54) is 35.3 Å². The second kappa shape index (κ2) is 12.0. The molecule has 1 N–H and O–H groups in total. The molecule has 0 aliphatic carbocycles. The highest BCUT2D eigenvalue weighted by Crippen LogP contribution is 2.51. The van der Waals surface area contributed by atoms with Crippen molar-refractivity contribution in [3.8, 4) is 22.6 Å². The highest BCUT2D eigenvalue weighted by molar-refractivity contribution is 6.39. The molecule has 2 amide bonds. The van der Waals surface area contributed by atoms with Gasteiger partial charge in [-0.2, -0.15) is 4.98 Å². The molecular formula is C34H34ClF2N7O4. The van der Waals surface area contributed by atoms with Gasteiger partial charge in [-0.25, -0.2) is 23.5 Å². The third-order valence-electron chi connectivity index (χ3n) is 9.03. The lowest BCUT2D eigenvalue weighted by Crippen LogP contribution is -2.63. The molecule has 2 aromatic carbocycles. The summed E-state index contributed by atoms with van der Waals surface area (Å²) in [5, 5.41) is 10.5. The largest absolute Gasteiger partial charge is 0.507 e. The Morgan fingerprint density at radius 1 is 1.06 bits per heavy atom. The van der Waals surface area contributed by atoms with Crippen LogP contribution in [-0.4, -0.2) is 73.6 Å². The van der Waals surface area contributed by atoms with Crippen LogP contribution in [0.25, 0.3) is 27.7 Å². The quantitative estimate of drug-likeness (QED) is 0.283. The molecule has 14 heteroatoms. The van der Waals surface area contributed by atoms with Gasteiger partial charge in [0.25, 0.3) is 5.91 Å². The van der Waals surface area contributed by atoms with Crippen LogP contribution >= 0.6 is 11.6 Å². The third kappa shape index (κ3) is 4.82. The second-order valence-corrected chi connectivity index (χ2v) is 13.1. The van der Waals surface area contributed by atoms with Gasteiger partial charge in [-0.15, -0.1) is 0 Å². The SMILES string of the molecule is C=CC(=O)N1CC2C(=O)N(C)c3c(Cl)c(-c4c(O)cccc4F)c(F)c4c3c(nc(=O)n4-c3c(C(C)C)ncnc3C(C)C)N2CC1C. The predicted molar refractivity (Wildman–Crippen MR) is 179 cm³/mol. The highest BCUT2D eigenvalue weighted by atomic mass is 35.5. The van der Waals surface area contributed by atoms with Crippen LogP contribution in [0.2, 0.25) is 5.02 Å². The van der Waals surface area contributed by atoms with E-state index < -0.39 is 52.2 Å². The smallest absolute Gasteiger partial charge is 0.354 e. The number of aromatic nitrogens is 4. The van der Waals surface area contributed by atoms with Gasteiger partial charge in [-0.05, 0) is 37.0 Å². The van der Waals surface area contributed by atoms with E-state index in [4.69, 9.17) is 11.6 Å². The monoisotopic (exact) mass is 677 g/mol. The van der Waals surface area contributed by atoms with Crippen LogP contribution in [0, 0.1) is 11.6 Å². The normalized spacial score (nSPS) is 17.7. The Morgan fingerprint density at radius 2 is 1.71 bits per heavy atom. The van der Waals surface area contributed by atoms with Crippen LogP contribution < -0.4 is 15.5 Å². The van der Waals surface area contributed by atoms with Crippen LogP contribution in [0.3, 0.4) is 0 Å². The second-order valence-electron chi connectivity index (χ2n) is 12.7. The lowest BCUT2D eigenvalue weighted by atomic mass is 9.97. The number of amides is 2. The maximum Gasteiger partial charge on any atom is 0.354 e. The van der Waals surface area contributed by atoms with Crippen molar-refractivity contribution in [2.75, 3.05) is 29.9 Å². The Hall–Kier alpha value is -4.91. The first kappa shape index (κ1) is 33.0. The number of anilines is 2. The highest BCUT2D eigenvalue weighted by Gasteiger charge is 2.45. The first-order valence-electron chi connectivity index (χ1n) is 15.5. The zero-order chi connectivity index (χ0) is 34.9.